The molecular formula is C32H24Cl2N6. The number of hydrogen-bond acceptors (Lipinski definition) is 5. The average molecular weight is 563 g/mol. The number of halogens is 2. The van der Waals surface area contributed by atoms with Crippen LogP contribution in [0.2, 0.25) is 10.0 Å². The number of amidine groups is 2. The van der Waals surface area contributed by atoms with E-state index in [1.165, 1.54) is 0 Å². The van der Waals surface area contributed by atoms with Gasteiger partial charge in [0.25, 0.3) is 0 Å². The van der Waals surface area contributed by atoms with Crippen LogP contribution >= 0.6 is 23.2 Å². The first-order chi connectivity index (χ1) is 19.5. The number of fused-ring (bicyclic) bond motifs is 4. The molecule has 0 amide bonds. The molecule has 40 heavy (non-hydrogen) atoms. The summed E-state index contributed by atoms with van der Waals surface area (Å²) in [5.74, 6) is 2.09. The summed E-state index contributed by atoms with van der Waals surface area (Å²) in [6.07, 6.45) is 0. The number of nitrogens with one attached hydrogen (secondary N) is 1. The van der Waals surface area contributed by atoms with E-state index in [0.29, 0.717) is 21.7 Å². The van der Waals surface area contributed by atoms with Crippen molar-refractivity contribution in [2.75, 3.05) is 10.2 Å². The maximum atomic E-state index is 6.48. The number of benzene rings is 4. The predicted octanol–water partition coefficient (Wildman–Crippen LogP) is 8.59. The minimum atomic E-state index is -0.215. The molecule has 6 nitrogen and oxygen atoms in total. The molecule has 0 saturated carbocycles. The van der Waals surface area contributed by atoms with Crippen LogP contribution in [0, 0.1) is 13.8 Å². The van der Waals surface area contributed by atoms with Gasteiger partial charge in [-0.3, -0.25) is 0 Å². The number of aromatic nitrogens is 2. The van der Waals surface area contributed by atoms with E-state index in [2.05, 4.69) is 28.4 Å². The molecule has 0 bridgehead atoms. The van der Waals surface area contributed by atoms with Crippen molar-refractivity contribution in [2.45, 2.75) is 19.9 Å². The second-order valence-corrected chi connectivity index (χ2v) is 10.7. The maximum Gasteiger partial charge on any atom is 0.179 e. The summed E-state index contributed by atoms with van der Waals surface area (Å²) < 4.78 is 1.92. The zero-order valence-corrected chi connectivity index (χ0v) is 23.3. The van der Waals surface area contributed by atoms with Crippen LogP contribution in [-0.2, 0) is 0 Å². The van der Waals surface area contributed by atoms with Gasteiger partial charge in [-0.2, -0.15) is 5.10 Å². The molecule has 1 aromatic heterocycles. The maximum absolute atomic E-state index is 6.48. The molecule has 0 radical (unpaired) electrons. The number of nitrogens with zero attached hydrogens (tertiary/aromatic N) is 5. The van der Waals surface area contributed by atoms with Gasteiger partial charge in [-0.15, -0.1) is 0 Å². The summed E-state index contributed by atoms with van der Waals surface area (Å²) >= 11 is 12.8. The smallest absolute Gasteiger partial charge is 0.179 e. The van der Waals surface area contributed by atoms with Crippen molar-refractivity contribution in [1.82, 2.24) is 9.78 Å². The molecule has 0 aliphatic carbocycles. The fourth-order valence-electron chi connectivity index (χ4n) is 5.31. The predicted molar refractivity (Wildman–Crippen MR) is 165 cm³/mol. The Morgan fingerprint density at radius 1 is 0.800 bits per heavy atom. The van der Waals surface area contributed by atoms with Crippen molar-refractivity contribution in [3.05, 3.63) is 129 Å². The average Bonchev–Trinajstić information content (AvgIpc) is 3.31. The topological polar surface area (TPSA) is 57.8 Å². The lowest BCUT2D eigenvalue weighted by Crippen LogP contribution is -2.46. The van der Waals surface area contributed by atoms with Crippen molar-refractivity contribution >= 4 is 57.8 Å². The van der Waals surface area contributed by atoms with E-state index in [0.717, 1.165) is 51.0 Å². The Kier molecular flexibility index (Phi) is 5.95. The van der Waals surface area contributed by atoms with Gasteiger partial charge in [-0.1, -0.05) is 71.7 Å². The second-order valence-electron chi connectivity index (χ2n) is 9.87. The monoisotopic (exact) mass is 562 g/mol. The van der Waals surface area contributed by atoms with Crippen LogP contribution < -0.4 is 10.2 Å². The minimum Gasteiger partial charge on any atom is -0.337 e. The minimum absolute atomic E-state index is 0.215. The molecule has 1 atom stereocenters. The third kappa shape index (κ3) is 4.08. The van der Waals surface area contributed by atoms with Gasteiger partial charge in [-0.25, -0.2) is 14.7 Å². The molecule has 7 rings (SSSR count). The van der Waals surface area contributed by atoms with Crippen LogP contribution in [-0.4, -0.2) is 21.5 Å². The van der Waals surface area contributed by atoms with Crippen molar-refractivity contribution in [1.29, 1.82) is 0 Å². The first kappa shape index (κ1) is 24.6. The van der Waals surface area contributed by atoms with E-state index in [4.69, 9.17) is 38.3 Å². The van der Waals surface area contributed by atoms with Gasteiger partial charge in [0, 0.05) is 21.3 Å². The number of aliphatic imine (C=N–C) groups is 2. The molecule has 0 saturated heterocycles. The fraction of sp³-hybridized carbons (Fsp3) is 0.0938. The van der Waals surface area contributed by atoms with Crippen molar-refractivity contribution in [2.24, 2.45) is 9.98 Å². The van der Waals surface area contributed by atoms with Crippen molar-refractivity contribution < 1.29 is 0 Å². The molecule has 196 valence electrons. The highest BCUT2D eigenvalue weighted by Gasteiger charge is 2.41. The molecule has 0 spiro atoms. The molecule has 0 unspecified atom stereocenters. The number of rotatable bonds is 3. The molecule has 4 aromatic carbocycles. The van der Waals surface area contributed by atoms with E-state index in [9.17, 15) is 0 Å². The Balaban J connectivity index is 1.49. The van der Waals surface area contributed by atoms with Gasteiger partial charge >= 0.3 is 0 Å². The molecule has 1 N–H and O–H groups in total. The lowest BCUT2D eigenvalue weighted by Gasteiger charge is -2.40. The van der Waals surface area contributed by atoms with Crippen molar-refractivity contribution in [3.8, 4) is 5.69 Å². The lowest BCUT2D eigenvalue weighted by molar-refractivity contribution is 0.815. The molecular weight excluding hydrogens is 539 g/mol. The van der Waals surface area contributed by atoms with E-state index in [1.807, 2.05) is 97.4 Å². The Morgan fingerprint density at radius 2 is 1.55 bits per heavy atom. The summed E-state index contributed by atoms with van der Waals surface area (Å²) in [5.41, 5.74) is 7.60. The van der Waals surface area contributed by atoms with Gasteiger partial charge in [0.1, 0.15) is 0 Å². The molecule has 5 aromatic rings. The van der Waals surface area contributed by atoms with E-state index >= 15 is 0 Å². The lowest BCUT2D eigenvalue weighted by atomic mass is 9.93. The Labute approximate surface area is 242 Å². The molecule has 0 fully saturated rings. The summed E-state index contributed by atoms with van der Waals surface area (Å²) in [4.78, 5) is 12.6. The summed E-state index contributed by atoms with van der Waals surface area (Å²) in [6, 6.07) is 31.9. The van der Waals surface area contributed by atoms with Gasteiger partial charge < -0.3 is 10.2 Å². The summed E-state index contributed by atoms with van der Waals surface area (Å²) in [6.45, 7) is 4.03. The zero-order valence-electron chi connectivity index (χ0n) is 21.8. The Morgan fingerprint density at radius 3 is 2.33 bits per heavy atom. The number of anilines is 2. The van der Waals surface area contributed by atoms with Crippen molar-refractivity contribution in [3.63, 3.8) is 0 Å². The first-order valence-electron chi connectivity index (χ1n) is 13.0. The highest BCUT2D eigenvalue weighted by atomic mass is 35.5. The van der Waals surface area contributed by atoms with E-state index < -0.39 is 0 Å². The molecule has 2 aliphatic rings. The largest absolute Gasteiger partial charge is 0.337 e. The number of aryl methyl sites for hydroxylation is 2. The number of hydrogen-bond donors (Lipinski definition) is 1. The SMILES string of the molecule is Cc1ccc(NC2=Nc3ccccc3N3C2=Nc2c(c(C)nn2-c2ccccc2)[C@@H]3c2ccc(Cl)cc2)cc1Cl. The van der Waals surface area contributed by atoms with Gasteiger partial charge in [0.2, 0.25) is 0 Å². The quantitative estimate of drug-likeness (QED) is 0.239. The van der Waals surface area contributed by atoms with Crippen LogP contribution in [0.25, 0.3) is 5.69 Å². The van der Waals surface area contributed by atoms with Gasteiger partial charge in [-0.05, 0) is 73.5 Å². The van der Waals surface area contributed by atoms with Crippen LogP contribution in [0.5, 0.6) is 0 Å². The highest BCUT2D eigenvalue weighted by molar-refractivity contribution is 6.51. The van der Waals surface area contributed by atoms with Crippen LogP contribution in [0.4, 0.5) is 22.9 Å². The third-order valence-electron chi connectivity index (χ3n) is 7.26. The van der Waals surface area contributed by atoms with Gasteiger partial charge in [0.05, 0.1) is 28.8 Å². The van der Waals surface area contributed by atoms with Crippen LogP contribution in [0.3, 0.4) is 0 Å². The highest BCUT2D eigenvalue weighted by Crippen LogP contribution is 2.48. The molecule has 8 heteroatoms. The van der Waals surface area contributed by atoms with E-state index in [1.54, 1.807) is 0 Å². The standard InChI is InChI=1S/C32H24Cl2N6/c1-19-12-17-23(18-25(19)34)35-30-32-37-31-28(20(2)38-40(31)24-8-4-3-5-9-24)29(21-13-15-22(33)16-14-21)39(32)27-11-7-6-10-26(27)36-30/h3-18,29H,1-2H3,(H,35,36)/t29-/m0/s1. The van der Waals surface area contributed by atoms with E-state index in [-0.39, 0.29) is 6.04 Å². The second kappa shape index (κ2) is 9.66. The molecule has 3 heterocycles. The summed E-state index contributed by atoms with van der Waals surface area (Å²) in [7, 11) is 0. The first-order valence-corrected chi connectivity index (χ1v) is 13.7. The third-order valence-corrected chi connectivity index (χ3v) is 7.92. The Hall–Kier alpha value is -4.39. The van der Waals surface area contributed by atoms with Crippen LogP contribution in [0.1, 0.15) is 28.4 Å². The van der Waals surface area contributed by atoms with Gasteiger partial charge in [0.15, 0.2) is 17.5 Å². The van der Waals surface area contributed by atoms with Crippen LogP contribution in [0.15, 0.2) is 107 Å². The Bertz CT molecular complexity index is 1820. The number of para-hydroxylation sites is 3. The normalized spacial score (nSPS) is 15.5. The zero-order chi connectivity index (χ0) is 27.4. The fourth-order valence-corrected chi connectivity index (χ4v) is 5.62. The molecule has 2 aliphatic heterocycles. The summed E-state index contributed by atoms with van der Waals surface area (Å²) in [5, 5.41) is 9.86.